The number of rotatable bonds is 2. The molecule has 4 aliphatic rings. The van der Waals surface area contributed by atoms with Gasteiger partial charge in [-0.25, -0.2) is 0 Å². The average Bonchev–Trinajstić information content (AvgIpc) is 2.56. The molecule has 1 fully saturated rings. The number of benzene rings is 1. The second kappa shape index (κ2) is 7.48. The summed E-state index contributed by atoms with van der Waals surface area (Å²) in [4.78, 5) is 35.9. The molecule has 140 valence electrons. The van der Waals surface area contributed by atoms with E-state index in [0.29, 0.717) is 25.3 Å². The summed E-state index contributed by atoms with van der Waals surface area (Å²) in [7, 11) is 0. The van der Waals surface area contributed by atoms with Crippen molar-refractivity contribution < 1.29 is 14.4 Å². The molecule has 0 radical (unpaired) electrons. The molecule has 1 aliphatic carbocycles. The quantitative estimate of drug-likeness (QED) is 0.745. The summed E-state index contributed by atoms with van der Waals surface area (Å²) >= 11 is 0. The normalized spacial score (nSPS) is 29.4. The highest BCUT2D eigenvalue weighted by molar-refractivity contribution is 5.91. The third kappa shape index (κ3) is 4.42. The molecule has 6 nitrogen and oxygen atoms in total. The third-order valence-corrected chi connectivity index (χ3v) is 5.55. The van der Waals surface area contributed by atoms with Crippen LogP contribution >= 0.6 is 0 Å². The van der Waals surface area contributed by atoms with Crippen molar-refractivity contribution in [3.63, 3.8) is 0 Å². The first-order valence-corrected chi connectivity index (χ1v) is 9.29. The molecule has 1 saturated carbocycles. The molecule has 1 aromatic carbocycles. The summed E-state index contributed by atoms with van der Waals surface area (Å²) in [5, 5.41) is 5.56. The van der Waals surface area contributed by atoms with E-state index in [1.54, 1.807) is 0 Å². The summed E-state index contributed by atoms with van der Waals surface area (Å²) in [5.74, 6) is -0.642. The molecule has 1 atom stereocenters. The van der Waals surface area contributed by atoms with E-state index in [-0.39, 0.29) is 23.7 Å². The summed E-state index contributed by atoms with van der Waals surface area (Å²) in [6.07, 6.45) is 3.65. The van der Waals surface area contributed by atoms with E-state index in [9.17, 15) is 14.4 Å². The smallest absolute Gasteiger partial charge is 0.243 e. The van der Waals surface area contributed by atoms with E-state index in [1.165, 1.54) is 11.1 Å². The zero-order valence-electron chi connectivity index (χ0n) is 15.2. The Labute approximate surface area is 153 Å². The Bertz CT molecular complexity index is 693. The lowest BCUT2D eigenvalue weighted by molar-refractivity contribution is -0.131. The van der Waals surface area contributed by atoms with Gasteiger partial charge in [-0.05, 0) is 48.1 Å². The van der Waals surface area contributed by atoms with Crippen molar-refractivity contribution in [2.45, 2.75) is 57.4 Å². The van der Waals surface area contributed by atoms with Crippen LogP contribution in [0.15, 0.2) is 24.3 Å². The SMILES string of the molecule is CC12CNC(=O)[C@@H](CC(N)=O)NC(=O)CCCc3ccc(cc3)C(C1)C2. The van der Waals surface area contributed by atoms with Gasteiger partial charge in [0.15, 0.2) is 0 Å². The minimum atomic E-state index is -0.898. The van der Waals surface area contributed by atoms with Crippen molar-refractivity contribution in [1.29, 1.82) is 0 Å². The highest BCUT2D eigenvalue weighted by atomic mass is 16.2. The number of nitrogens with one attached hydrogen (secondary N) is 2. The predicted octanol–water partition coefficient (Wildman–Crippen LogP) is 1.38. The second-order valence-corrected chi connectivity index (χ2v) is 8.02. The first-order valence-electron chi connectivity index (χ1n) is 9.29. The van der Waals surface area contributed by atoms with E-state index in [2.05, 4.69) is 41.8 Å². The van der Waals surface area contributed by atoms with Gasteiger partial charge in [-0.2, -0.15) is 0 Å². The van der Waals surface area contributed by atoms with Gasteiger partial charge in [0.1, 0.15) is 6.04 Å². The number of hydrogen-bond acceptors (Lipinski definition) is 3. The molecule has 1 aromatic rings. The highest BCUT2D eigenvalue weighted by Crippen LogP contribution is 2.50. The molecular weight excluding hydrogens is 330 g/mol. The number of amides is 3. The molecule has 26 heavy (non-hydrogen) atoms. The molecule has 0 spiro atoms. The Morgan fingerprint density at radius 1 is 1.19 bits per heavy atom. The molecule has 4 bridgehead atoms. The fourth-order valence-electron chi connectivity index (χ4n) is 4.02. The Kier molecular flexibility index (Phi) is 5.30. The van der Waals surface area contributed by atoms with Crippen molar-refractivity contribution in [3.8, 4) is 0 Å². The summed E-state index contributed by atoms with van der Waals surface area (Å²) in [6, 6.07) is 7.77. The van der Waals surface area contributed by atoms with Gasteiger partial charge < -0.3 is 16.4 Å². The predicted molar refractivity (Wildman–Crippen MR) is 98.2 cm³/mol. The zero-order valence-corrected chi connectivity index (χ0v) is 15.2. The van der Waals surface area contributed by atoms with E-state index in [4.69, 9.17) is 5.73 Å². The Hall–Kier alpha value is -2.37. The van der Waals surface area contributed by atoms with Crippen LogP contribution in [-0.2, 0) is 20.8 Å². The van der Waals surface area contributed by atoms with Gasteiger partial charge in [0.05, 0.1) is 6.42 Å². The third-order valence-electron chi connectivity index (χ3n) is 5.55. The summed E-state index contributed by atoms with van der Waals surface area (Å²) in [5.41, 5.74) is 7.83. The number of carbonyl (C=O) groups excluding carboxylic acids is 3. The van der Waals surface area contributed by atoms with Crippen molar-refractivity contribution >= 4 is 17.7 Å². The van der Waals surface area contributed by atoms with E-state index in [0.717, 1.165) is 19.3 Å². The number of nitrogens with two attached hydrogens (primary N) is 1. The molecule has 3 aliphatic heterocycles. The first-order chi connectivity index (χ1) is 12.3. The van der Waals surface area contributed by atoms with Crippen molar-refractivity contribution in [3.05, 3.63) is 35.4 Å². The van der Waals surface area contributed by atoms with Crippen LogP contribution in [0.5, 0.6) is 0 Å². The molecule has 6 heteroatoms. The van der Waals surface area contributed by atoms with Crippen LogP contribution in [0.3, 0.4) is 0 Å². The lowest BCUT2D eigenvalue weighted by Gasteiger charge is -2.46. The molecule has 3 amide bonds. The minimum Gasteiger partial charge on any atom is -0.370 e. The van der Waals surface area contributed by atoms with Crippen LogP contribution in [0.25, 0.3) is 0 Å². The molecule has 0 unspecified atom stereocenters. The van der Waals surface area contributed by atoms with Gasteiger partial charge in [-0.3, -0.25) is 14.4 Å². The second-order valence-electron chi connectivity index (χ2n) is 8.02. The Morgan fingerprint density at radius 3 is 2.54 bits per heavy atom. The number of aryl methyl sites for hydroxylation is 1. The number of hydrogen-bond donors (Lipinski definition) is 3. The molecule has 0 saturated heterocycles. The highest BCUT2D eigenvalue weighted by Gasteiger charge is 2.41. The van der Waals surface area contributed by atoms with Crippen LogP contribution in [-0.4, -0.2) is 30.3 Å². The van der Waals surface area contributed by atoms with Gasteiger partial charge in [0.25, 0.3) is 0 Å². The first kappa shape index (κ1) is 18.4. The number of fused-ring (bicyclic) bond motifs is 1. The van der Waals surface area contributed by atoms with E-state index < -0.39 is 11.9 Å². The molecule has 0 aromatic heterocycles. The van der Waals surface area contributed by atoms with E-state index >= 15 is 0 Å². The van der Waals surface area contributed by atoms with Gasteiger partial charge >= 0.3 is 0 Å². The lowest BCUT2D eigenvalue weighted by Crippen LogP contribution is -2.52. The fraction of sp³-hybridized carbons (Fsp3) is 0.550. The van der Waals surface area contributed by atoms with Crippen LogP contribution in [0.1, 0.15) is 56.1 Å². The average molecular weight is 357 g/mol. The maximum Gasteiger partial charge on any atom is 0.243 e. The molecular formula is C20H27N3O3. The number of primary amides is 1. The fourth-order valence-corrected chi connectivity index (χ4v) is 4.02. The topological polar surface area (TPSA) is 101 Å². The maximum atomic E-state index is 12.5. The largest absolute Gasteiger partial charge is 0.370 e. The van der Waals surface area contributed by atoms with Crippen molar-refractivity contribution in [2.24, 2.45) is 11.1 Å². The zero-order chi connectivity index (χ0) is 18.7. The van der Waals surface area contributed by atoms with Crippen LogP contribution in [0.4, 0.5) is 0 Å². The summed E-state index contributed by atoms with van der Waals surface area (Å²) < 4.78 is 0. The van der Waals surface area contributed by atoms with Crippen LogP contribution < -0.4 is 16.4 Å². The molecule has 4 N–H and O–H groups in total. The van der Waals surface area contributed by atoms with Gasteiger partial charge in [0.2, 0.25) is 17.7 Å². The minimum absolute atomic E-state index is 0.0390. The summed E-state index contributed by atoms with van der Waals surface area (Å²) in [6.45, 7) is 2.69. The Morgan fingerprint density at radius 2 is 1.88 bits per heavy atom. The van der Waals surface area contributed by atoms with Gasteiger partial charge in [0, 0.05) is 13.0 Å². The monoisotopic (exact) mass is 357 g/mol. The Balaban J connectivity index is 1.75. The van der Waals surface area contributed by atoms with Gasteiger partial charge in [-0.1, -0.05) is 31.2 Å². The van der Waals surface area contributed by atoms with E-state index in [1.807, 2.05) is 0 Å². The number of carbonyl (C=O) groups is 3. The van der Waals surface area contributed by atoms with Crippen molar-refractivity contribution in [2.75, 3.05) is 6.54 Å². The lowest BCUT2D eigenvalue weighted by atomic mass is 9.61. The van der Waals surface area contributed by atoms with Gasteiger partial charge in [-0.15, -0.1) is 0 Å². The molecule has 5 rings (SSSR count). The van der Waals surface area contributed by atoms with Crippen LogP contribution in [0.2, 0.25) is 0 Å². The maximum absolute atomic E-state index is 12.5. The van der Waals surface area contributed by atoms with Crippen LogP contribution in [0, 0.1) is 5.41 Å². The standard InChI is InChI=1S/C20H27N3O3/c1-20-10-15(11-20)14-7-5-13(6-8-14)3-2-4-18(25)23-16(9-17(21)24)19(26)22-12-20/h5-8,15-16H,2-4,9-12H2,1H3,(H2,21,24)(H,22,26)(H,23,25)/t15?,16-,20?/m1/s1. The molecule has 3 heterocycles. The van der Waals surface area contributed by atoms with Crippen molar-refractivity contribution in [1.82, 2.24) is 10.6 Å².